The summed E-state index contributed by atoms with van der Waals surface area (Å²) in [6.07, 6.45) is 11.4. The fourth-order valence-electron chi connectivity index (χ4n) is 5.99. The van der Waals surface area contributed by atoms with Crippen LogP contribution in [0.15, 0.2) is 36.8 Å². The van der Waals surface area contributed by atoms with Crippen LogP contribution in [0, 0.1) is 18.8 Å². The van der Waals surface area contributed by atoms with E-state index in [1.165, 1.54) is 25.0 Å². The molecule has 2 aliphatic heterocycles. The first kappa shape index (κ1) is 24.0. The topological polar surface area (TPSA) is 122 Å². The van der Waals surface area contributed by atoms with E-state index < -0.39 is 0 Å². The van der Waals surface area contributed by atoms with Gasteiger partial charge in [-0.05, 0) is 69.5 Å². The van der Waals surface area contributed by atoms with Crippen molar-refractivity contribution >= 4 is 28.7 Å². The molecule has 0 aromatic carbocycles. The first-order chi connectivity index (χ1) is 19.0. The number of hydrogen-bond acceptors (Lipinski definition) is 7. The maximum absolute atomic E-state index is 13.2. The number of amides is 2. The minimum atomic E-state index is -0.388. The van der Waals surface area contributed by atoms with Gasteiger partial charge in [-0.3, -0.25) is 24.2 Å². The molecule has 0 spiro atoms. The molecule has 0 radical (unpaired) electrons. The Morgan fingerprint density at radius 2 is 1.97 bits per heavy atom. The maximum atomic E-state index is 13.2. The van der Waals surface area contributed by atoms with Crippen LogP contribution < -0.4 is 10.6 Å². The van der Waals surface area contributed by atoms with Crippen LogP contribution >= 0.6 is 0 Å². The minimum absolute atomic E-state index is 0.0708. The third-order valence-electron chi connectivity index (χ3n) is 8.25. The number of hydrogen-bond donors (Lipinski definition) is 2. The summed E-state index contributed by atoms with van der Waals surface area (Å²) < 4.78 is 3.67. The van der Waals surface area contributed by atoms with Gasteiger partial charge in [0.1, 0.15) is 0 Å². The second-order valence-corrected chi connectivity index (χ2v) is 11.0. The lowest BCUT2D eigenvalue weighted by Gasteiger charge is -2.16. The molecule has 1 unspecified atom stereocenters. The highest BCUT2D eigenvalue weighted by Gasteiger charge is 2.36. The van der Waals surface area contributed by atoms with Crippen molar-refractivity contribution in [2.45, 2.75) is 45.6 Å². The van der Waals surface area contributed by atoms with Crippen LogP contribution in [0.4, 0.5) is 11.4 Å². The van der Waals surface area contributed by atoms with Crippen molar-refractivity contribution in [1.29, 1.82) is 0 Å². The van der Waals surface area contributed by atoms with Crippen molar-refractivity contribution in [2.75, 3.05) is 30.3 Å². The number of nitrogens with one attached hydrogen (secondary N) is 2. The van der Waals surface area contributed by atoms with E-state index in [0.29, 0.717) is 29.1 Å². The zero-order chi connectivity index (χ0) is 26.5. The zero-order valence-corrected chi connectivity index (χ0v) is 21.9. The van der Waals surface area contributed by atoms with E-state index in [1.807, 2.05) is 36.1 Å². The summed E-state index contributed by atoms with van der Waals surface area (Å²) in [4.78, 5) is 32.5. The molecule has 1 aliphatic carbocycles. The largest absolute Gasteiger partial charge is 0.324 e. The third-order valence-corrected chi connectivity index (χ3v) is 8.25. The van der Waals surface area contributed by atoms with E-state index in [2.05, 4.69) is 35.9 Å². The Morgan fingerprint density at radius 1 is 1.08 bits per heavy atom. The molecule has 200 valence electrons. The highest BCUT2D eigenvalue weighted by molar-refractivity contribution is 6.08. The number of nitrogens with zero attached hydrogens (tertiary/aromatic N) is 7. The number of aryl methyl sites for hydroxylation is 2. The molecule has 4 aromatic heterocycles. The number of fused-ring (bicyclic) bond motifs is 2. The Morgan fingerprint density at radius 3 is 2.85 bits per heavy atom. The summed E-state index contributed by atoms with van der Waals surface area (Å²) in [7, 11) is 0. The van der Waals surface area contributed by atoms with Gasteiger partial charge in [0.25, 0.3) is 5.91 Å². The van der Waals surface area contributed by atoms with Gasteiger partial charge in [0.05, 0.1) is 41.5 Å². The van der Waals surface area contributed by atoms with Crippen molar-refractivity contribution in [2.24, 2.45) is 11.8 Å². The maximum Gasteiger partial charge on any atom is 0.278 e. The number of pyridine rings is 2. The quantitative estimate of drug-likeness (QED) is 0.380. The van der Waals surface area contributed by atoms with Gasteiger partial charge < -0.3 is 10.6 Å². The van der Waals surface area contributed by atoms with Crippen molar-refractivity contribution in [3.63, 3.8) is 0 Å². The number of rotatable bonds is 7. The molecule has 39 heavy (non-hydrogen) atoms. The second kappa shape index (κ2) is 9.57. The Balaban J connectivity index is 1.03. The Kier molecular flexibility index (Phi) is 5.88. The predicted octanol–water partition coefficient (Wildman–Crippen LogP) is 3.17. The molecule has 4 aromatic rings. The predicted molar refractivity (Wildman–Crippen MR) is 145 cm³/mol. The van der Waals surface area contributed by atoms with E-state index >= 15 is 0 Å². The molecule has 0 bridgehead atoms. The molecular formula is C28H31N9O2. The molecule has 2 N–H and O–H groups in total. The number of carbonyl (C=O) groups is 2. The number of likely N-dealkylation sites (tertiary alicyclic amines) is 1. The lowest BCUT2D eigenvalue weighted by molar-refractivity contribution is -0.117. The Bertz CT molecular complexity index is 1590. The molecule has 1 atom stereocenters. The summed E-state index contributed by atoms with van der Waals surface area (Å²) in [5.74, 6) is 1.15. The fraction of sp³-hybridized carbons (Fsp3) is 0.429. The number of anilines is 2. The number of aromatic nitrogens is 6. The van der Waals surface area contributed by atoms with Gasteiger partial charge in [-0.1, -0.05) is 11.3 Å². The summed E-state index contributed by atoms with van der Waals surface area (Å²) in [6, 6.07) is 5.57. The van der Waals surface area contributed by atoms with Gasteiger partial charge in [-0.2, -0.15) is 5.10 Å². The minimum Gasteiger partial charge on any atom is -0.324 e. The lowest BCUT2D eigenvalue weighted by atomic mass is 10.0. The van der Waals surface area contributed by atoms with E-state index in [9.17, 15) is 9.59 Å². The van der Waals surface area contributed by atoms with Gasteiger partial charge >= 0.3 is 0 Å². The van der Waals surface area contributed by atoms with Crippen molar-refractivity contribution in [1.82, 2.24) is 34.5 Å². The van der Waals surface area contributed by atoms with Crippen LogP contribution in [0.25, 0.3) is 16.6 Å². The average Bonchev–Trinajstić information content (AvgIpc) is 3.28. The van der Waals surface area contributed by atoms with Crippen molar-refractivity contribution in [3.05, 3.63) is 53.9 Å². The van der Waals surface area contributed by atoms with Gasteiger partial charge in [0.2, 0.25) is 5.91 Å². The SMILES string of the molecule is Cc1ncc(NC(=O)CN2CCC(C3CC3)C2)cc1NC(=O)c1nnn2cc(-c3cnn4c3CCC4)ccc12. The van der Waals surface area contributed by atoms with Gasteiger partial charge in [-0.25, -0.2) is 4.52 Å². The molecule has 6 heterocycles. The van der Waals surface area contributed by atoms with Crippen molar-refractivity contribution in [3.8, 4) is 11.1 Å². The summed E-state index contributed by atoms with van der Waals surface area (Å²) in [5, 5.41) is 18.7. The van der Waals surface area contributed by atoms with E-state index in [0.717, 1.165) is 55.4 Å². The summed E-state index contributed by atoms with van der Waals surface area (Å²) in [6.45, 7) is 5.11. The van der Waals surface area contributed by atoms with Crippen LogP contribution in [-0.4, -0.2) is 65.9 Å². The molecule has 1 saturated heterocycles. The Hall–Kier alpha value is -4.12. The Labute approximate surface area is 225 Å². The fourth-order valence-corrected chi connectivity index (χ4v) is 5.99. The van der Waals surface area contributed by atoms with Gasteiger partial charge in [0, 0.05) is 36.1 Å². The molecule has 3 aliphatic rings. The molecule has 7 rings (SSSR count). The molecule has 1 saturated carbocycles. The monoisotopic (exact) mass is 525 g/mol. The number of carbonyl (C=O) groups excluding carboxylic acids is 2. The molecule has 11 nitrogen and oxygen atoms in total. The van der Waals surface area contributed by atoms with Crippen LogP contribution in [0.2, 0.25) is 0 Å². The molecule has 2 amide bonds. The van der Waals surface area contributed by atoms with Crippen molar-refractivity contribution < 1.29 is 9.59 Å². The molecule has 11 heteroatoms. The smallest absolute Gasteiger partial charge is 0.278 e. The normalized spacial score (nSPS) is 18.9. The first-order valence-corrected chi connectivity index (χ1v) is 13.7. The van der Waals surface area contributed by atoms with Gasteiger partial charge in [-0.15, -0.1) is 5.10 Å². The van der Waals surface area contributed by atoms with E-state index in [1.54, 1.807) is 16.8 Å². The van der Waals surface area contributed by atoms with Gasteiger partial charge in [0.15, 0.2) is 5.69 Å². The summed E-state index contributed by atoms with van der Waals surface area (Å²) >= 11 is 0. The highest BCUT2D eigenvalue weighted by Crippen LogP contribution is 2.41. The first-order valence-electron chi connectivity index (χ1n) is 13.7. The van der Waals surface area contributed by atoms with Crippen LogP contribution in [-0.2, 0) is 17.8 Å². The lowest BCUT2D eigenvalue weighted by Crippen LogP contribution is -2.31. The highest BCUT2D eigenvalue weighted by atomic mass is 16.2. The van der Waals surface area contributed by atoms with Crippen LogP contribution in [0.1, 0.15) is 47.6 Å². The summed E-state index contributed by atoms with van der Waals surface area (Å²) in [5.41, 5.74) is 5.82. The standard InChI is InChI=1S/C28H31N9O2/c1-17-23(11-21(12-29-17)31-26(38)16-35-10-8-19(14-35)18-4-5-18)32-28(39)27-25-7-6-20(15-37(25)34-33-27)22-13-30-36-9-2-3-24(22)36/h6-7,11-13,15,18-19H,2-5,8-10,14,16H2,1H3,(H,31,38)(H,32,39). The van der Waals surface area contributed by atoms with Crippen LogP contribution in [0.3, 0.4) is 0 Å². The van der Waals surface area contributed by atoms with Crippen LogP contribution in [0.5, 0.6) is 0 Å². The molecular weight excluding hydrogens is 494 g/mol. The van der Waals surface area contributed by atoms with E-state index in [4.69, 9.17) is 0 Å². The average molecular weight is 526 g/mol. The molecule has 2 fully saturated rings. The van der Waals surface area contributed by atoms with E-state index in [-0.39, 0.29) is 17.5 Å². The second-order valence-electron chi connectivity index (χ2n) is 11.0. The third kappa shape index (κ3) is 4.67. The zero-order valence-electron chi connectivity index (χ0n) is 21.9.